The van der Waals surface area contributed by atoms with E-state index in [-0.39, 0.29) is 17.5 Å². The highest BCUT2D eigenvalue weighted by molar-refractivity contribution is 6.04. The number of piperazine rings is 1. The number of aromatic hydroxyl groups is 1. The van der Waals surface area contributed by atoms with E-state index in [1.807, 2.05) is 18.2 Å². The molecule has 0 radical (unpaired) electrons. The summed E-state index contributed by atoms with van der Waals surface area (Å²) in [5, 5.41) is 18.4. The lowest BCUT2D eigenvalue weighted by molar-refractivity contribution is 0.102. The number of hydrogen-bond acceptors (Lipinski definition) is 7. The van der Waals surface area contributed by atoms with Gasteiger partial charge in [0.05, 0.1) is 24.7 Å². The number of carbonyl (C=O) groups is 1. The van der Waals surface area contributed by atoms with Crippen molar-refractivity contribution >= 4 is 28.1 Å². The zero-order valence-corrected chi connectivity index (χ0v) is 18.2. The van der Waals surface area contributed by atoms with Crippen LogP contribution in [0.25, 0.3) is 16.6 Å². The first kappa shape index (κ1) is 20.8. The van der Waals surface area contributed by atoms with Gasteiger partial charge in [0.15, 0.2) is 0 Å². The molecule has 33 heavy (non-hydrogen) atoms. The third-order valence-corrected chi connectivity index (χ3v) is 5.73. The maximum Gasteiger partial charge on any atom is 0.274 e. The van der Waals surface area contributed by atoms with Gasteiger partial charge in [-0.25, -0.2) is 4.98 Å². The second-order valence-electron chi connectivity index (χ2n) is 7.71. The number of methoxy groups -OCH3 is 1. The molecule has 3 aromatic heterocycles. The van der Waals surface area contributed by atoms with Crippen LogP contribution in [0.1, 0.15) is 10.5 Å². The summed E-state index contributed by atoms with van der Waals surface area (Å²) in [4.78, 5) is 24.0. The first-order valence-electron chi connectivity index (χ1n) is 10.7. The van der Waals surface area contributed by atoms with E-state index in [4.69, 9.17) is 4.74 Å². The summed E-state index contributed by atoms with van der Waals surface area (Å²) in [5.41, 5.74) is 1.79. The van der Waals surface area contributed by atoms with Gasteiger partial charge in [0.2, 0.25) is 5.88 Å². The fraction of sp³-hybridized carbons (Fsp3) is 0.208. The van der Waals surface area contributed by atoms with Gasteiger partial charge in [-0.3, -0.25) is 14.3 Å². The van der Waals surface area contributed by atoms with Crippen LogP contribution in [0.5, 0.6) is 11.6 Å². The quantitative estimate of drug-likeness (QED) is 0.435. The number of pyridine rings is 2. The fourth-order valence-corrected chi connectivity index (χ4v) is 4.08. The van der Waals surface area contributed by atoms with Gasteiger partial charge in [-0.05, 0) is 30.3 Å². The van der Waals surface area contributed by atoms with Crippen LogP contribution < -0.4 is 20.3 Å². The topological polar surface area (TPSA) is 105 Å². The van der Waals surface area contributed by atoms with Crippen LogP contribution in [0.2, 0.25) is 0 Å². The summed E-state index contributed by atoms with van der Waals surface area (Å²) in [7, 11) is 1.58. The Kier molecular flexibility index (Phi) is 5.54. The molecule has 4 heterocycles. The van der Waals surface area contributed by atoms with Gasteiger partial charge in [0.1, 0.15) is 17.3 Å². The molecule has 1 aliphatic heterocycles. The number of fused-ring (bicyclic) bond motifs is 1. The Morgan fingerprint density at radius 2 is 1.94 bits per heavy atom. The highest BCUT2D eigenvalue weighted by Crippen LogP contribution is 2.35. The van der Waals surface area contributed by atoms with Crippen LogP contribution in [-0.2, 0) is 0 Å². The summed E-state index contributed by atoms with van der Waals surface area (Å²) in [6.07, 6.45) is 5.12. The van der Waals surface area contributed by atoms with Crippen LogP contribution in [0.3, 0.4) is 0 Å². The predicted octanol–water partition coefficient (Wildman–Crippen LogP) is 2.80. The second kappa shape index (κ2) is 8.79. The molecule has 9 nitrogen and oxygen atoms in total. The van der Waals surface area contributed by atoms with E-state index in [9.17, 15) is 9.90 Å². The van der Waals surface area contributed by atoms with Crippen LogP contribution in [0.15, 0.2) is 61.1 Å². The number of anilines is 2. The molecule has 0 spiro atoms. The number of amides is 1. The molecule has 0 saturated carbocycles. The summed E-state index contributed by atoms with van der Waals surface area (Å²) in [5.74, 6) is 0.747. The van der Waals surface area contributed by atoms with Crippen LogP contribution in [0.4, 0.5) is 11.4 Å². The van der Waals surface area contributed by atoms with E-state index in [0.29, 0.717) is 22.6 Å². The Balaban J connectivity index is 1.45. The van der Waals surface area contributed by atoms with Crippen LogP contribution >= 0.6 is 0 Å². The van der Waals surface area contributed by atoms with E-state index in [2.05, 4.69) is 25.5 Å². The Labute approximate surface area is 190 Å². The SMILES string of the molecule is COc1cccc2c(O)n(-c3cccc(C(=O)Nc4cnccc4N4CCNCC4)n3)cc12. The molecule has 1 aromatic carbocycles. The molecule has 1 amide bonds. The molecule has 1 aliphatic rings. The highest BCUT2D eigenvalue weighted by atomic mass is 16.5. The average Bonchev–Trinajstić information content (AvgIpc) is 3.21. The first-order valence-corrected chi connectivity index (χ1v) is 10.7. The first-order chi connectivity index (χ1) is 16.2. The van der Waals surface area contributed by atoms with E-state index in [0.717, 1.165) is 37.3 Å². The standard InChI is InChI=1S/C24H24N6O3/c1-33-21-6-2-4-16-17(21)15-30(24(16)32)22-7-3-5-18(27-22)23(31)28-19-14-26-9-8-20(19)29-12-10-25-11-13-29/h2-9,14-15,25,32H,10-13H2,1H3,(H,28,31). The molecule has 0 bridgehead atoms. The third-order valence-electron chi connectivity index (χ3n) is 5.73. The Morgan fingerprint density at radius 1 is 1.12 bits per heavy atom. The van der Waals surface area contributed by atoms with E-state index in [1.165, 1.54) is 0 Å². The number of nitrogens with one attached hydrogen (secondary N) is 2. The lowest BCUT2D eigenvalue weighted by atomic mass is 10.2. The Morgan fingerprint density at radius 3 is 2.76 bits per heavy atom. The average molecular weight is 444 g/mol. The van der Waals surface area contributed by atoms with Crippen molar-refractivity contribution < 1.29 is 14.6 Å². The third kappa shape index (κ3) is 3.94. The molecule has 0 aliphatic carbocycles. The molecule has 0 unspecified atom stereocenters. The largest absolute Gasteiger partial charge is 0.496 e. The van der Waals surface area contributed by atoms with E-state index >= 15 is 0 Å². The molecule has 1 fully saturated rings. The lowest BCUT2D eigenvalue weighted by Crippen LogP contribution is -2.43. The summed E-state index contributed by atoms with van der Waals surface area (Å²) in [6, 6.07) is 12.5. The molecule has 4 aromatic rings. The molecule has 168 valence electrons. The van der Waals surface area contributed by atoms with Crippen LogP contribution in [-0.4, -0.2) is 58.8 Å². The van der Waals surface area contributed by atoms with Crippen LogP contribution in [0, 0.1) is 0 Å². The van der Waals surface area contributed by atoms with Gasteiger partial charge in [-0.2, -0.15) is 0 Å². The van der Waals surface area contributed by atoms with Gasteiger partial charge in [-0.15, -0.1) is 0 Å². The molecule has 9 heteroatoms. The van der Waals surface area contributed by atoms with Crippen molar-refractivity contribution in [1.82, 2.24) is 19.9 Å². The highest BCUT2D eigenvalue weighted by Gasteiger charge is 2.18. The normalized spacial score (nSPS) is 13.8. The number of hydrogen-bond donors (Lipinski definition) is 3. The van der Waals surface area contributed by atoms with Gasteiger partial charge >= 0.3 is 0 Å². The Bertz CT molecular complexity index is 1310. The van der Waals surface area contributed by atoms with Gasteiger partial charge in [0.25, 0.3) is 5.91 Å². The van der Waals surface area contributed by atoms with Gasteiger partial charge < -0.3 is 25.4 Å². The number of rotatable bonds is 5. The van der Waals surface area contributed by atoms with Crippen molar-refractivity contribution in [3.63, 3.8) is 0 Å². The van der Waals surface area contributed by atoms with Gasteiger partial charge in [-0.1, -0.05) is 12.1 Å². The lowest BCUT2D eigenvalue weighted by Gasteiger charge is -2.30. The molecular formula is C24H24N6O3. The molecule has 1 saturated heterocycles. The van der Waals surface area contributed by atoms with E-state index < -0.39 is 0 Å². The minimum absolute atomic E-state index is 0.0298. The maximum absolute atomic E-state index is 13.1. The minimum Gasteiger partial charge on any atom is -0.496 e. The smallest absolute Gasteiger partial charge is 0.274 e. The molecule has 0 atom stereocenters. The van der Waals surface area contributed by atoms with Crippen molar-refractivity contribution in [3.8, 4) is 17.4 Å². The second-order valence-corrected chi connectivity index (χ2v) is 7.71. The minimum atomic E-state index is -0.352. The van der Waals surface area contributed by atoms with Crippen molar-refractivity contribution in [2.75, 3.05) is 43.5 Å². The molecular weight excluding hydrogens is 420 g/mol. The predicted molar refractivity (Wildman–Crippen MR) is 127 cm³/mol. The Hall–Kier alpha value is -4.11. The zero-order valence-electron chi connectivity index (χ0n) is 18.2. The van der Waals surface area contributed by atoms with Crippen molar-refractivity contribution in [2.45, 2.75) is 0 Å². The van der Waals surface area contributed by atoms with Crippen molar-refractivity contribution in [1.29, 1.82) is 0 Å². The molecule has 5 rings (SSSR count). The number of carbonyl (C=O) groups excluding carboxylic acids is 1. The fourth-order valence-electron chi connectivity index (χ4n) is 4.08. The van der Waals surface area contributed by atoms with Crippen molar-refractivity contribution in [2.24, 2.45) is 0 Å². The van der Waals surface area contributed by atoms with Gasteiger partial charge in [0, 0.05) is 49.3 Å². The summed E-state index contributed by atoms with van der Waals surface area (Å²) in [6.45, 7) is 3.48. The summed E-state index contributed by atoms with van der Waals surface area (Å²) < 4.78 is 6.94. The number of ether oxygens (including phenoxy) is 1. The number of nitrogens with zero attached hydrogens (tertiary/aromatic N) is 4. The monoisotopic (exact) mass is 444 g/mol. The number of benzene rings is 1. The maximum atomic E-state index is 13.1. The van der Waals surface area contributed by atoms with Crippen molar-refractivity contribution in [3.05, 3.63) is 66.7 Å². The van der Waals surface area contributed by atoms with E-state index in [1.54, 1.807) is 54.5 Å². The summed E-state index contributed by atoms with van der Waals surface area (Å²) >= 11 is 0. The molecule has 3 N–H and O–H groups in total. The zero-order chi connectivity index (χ0) is 22.8. The number of aromatic nitrogens is 3.